The summed E-state index contributed by atoms with van der Waals surface area (Å²) in [6.07, 6.45) is -2.49. The maximum Gasteiger partial charge on any atom is 0.255 e. The van der Waals surface area contributed by atoms with E-state index in [-0.39, 0.29) is 11.7 Å². The van der Waals surface area contributed by atoms with Crippen molar-refractivity contribution in [1.29, 1.82) is 0 Å². The van der Waals surface area contributed by atoms with Gasteiger partial charge in [-0.25, -0.2) is 13.2 Å². The average Bonchev–Trinajstić information content (AvgIpc) is 2.15. The van der Waals surface area contributed by atoms with E-state index in [1.54, 1.807) is 13.0 Å². The van der Waals surface area contributed by atoms with E-state index in [0.29, 0.717) is 5.56 Å². The Morgan fingerprint density at radius 2 is 2.00 bits per heavy atom. The van der Waals surface area contributed by atoms with Crippen molar-refractivity contribution in [3.8, 4) is 0 Å². The second-order valence-corrected chi connectivity index (χ2v) is 3.77. The summed E-state index contributed by atoms with van der Waals surface area (Å²) < 4.78 is 37.8. The Labute approximate surface area is 92.9 Å². The quantitative estimate of drug-likeness (QED) is 0.864. The van der Waals surface area contributed by atoms with E-state index in [1.165, 1.54) is 24.1 Å². The Balaban J connectivity index is 2.90. The molecule has 1 aromatic rings. The molecule has 5 heteroatoms. The van der Waals surface area contributed by atoms with E-state index < -0.39 is 18.8 Å². The van der Waals surface area contributed by atoms with Crippen LogP contribution in [-0.4, -0.2) is 20.0 Å². The summed E-state index contributed by atoms with van der Waals surface area (Å²) in [6, 6.07) is 4.12. The number of halogens is 3. The summed E-state index contributed by atoms with van der Waals surface area (Å²) in [4.78, 5) is 1.19. The highest BCUT2D eigenvalue weighted by molar-refractivity contribution is 5.48. The van der Waals surface area contributed by atoms with E-state index >= 15 is 0 Å². The van der Waals surface area contributed by atoms with Gasteiger partial charge in [0.1, 0.15) is 5.82 Å². The van der Waals surface area contributed by atoms with E-state index in [0.717, 1.165) is 0 Å². The Morgan fingerprint density at radius 3 is 2.44 bits per heavy atom. The summed E-state index contributed by atoms with van der Waals surface area (Å²) >= 11 is 0. The molecular weight excluding hydrogens is 217 g/mol. The van der Waals surface area contributed by atoms with Crippen molar-refractivity contribution < 1.29 is 13.2 Å². The van der Waals surface area contributed by atoms with Crippen LogP contribution >= 0.6 is 0 Å². The third-order valence-electron chi connectivity index (χ3n) is 2.32. The van der Waals surface area contributed by atoms with Gasteiger partial charge in [0.25, 0.3) is 6.43 Å². The lowest BCUT2D eigenvalue weighted by molar-refractivity contribution is 0.156. The lowest BCUT2D eigenvalue weighted by Crippen LogP contribution is -2.25. The number of nitrogens with two attached hydrogens (primary N) is 1. The van der Waals surface area contributed by atoms with Crippen molar-refractivity contribution >= 4 is 5.69 Å². The predicted molar refractivity (Wildman–Crippen MR) is 58.3 cm³/mol. The summed E-state index contributed by atoms with van der Waals surface area (Å²) in [5, 5.41) is 0. The van der Waals surface area contributed by atoms with Crippen molar-refractivity contribution in [2.24, 2.45) is 5.73 Å². The zero-order valence-electron chi connectivity index (χ0n) is 9.25. The lowest BCUT2D eigenvalue weighted by Gasteiger charge is -2.20. The normalized spacial score (nSPS) is 12.9. The molecule has 0 aliphatic heterocycles. The number of hydrogen-bond acceptors (Lipinski definition) is 2. The number of rotatable bonds is 4. The smallest absolute Gasteiger partial charge is 0.255 e. The summed E-state index contributed by atoms with van der Waals surface area (Å²) in [6.45, 7) is 1.24. The fourth-order valence-corrected chi connectivity index (χ4v) is 1.42. The molecule has 0 radical (unpaired) electrons. The molecule has 0 aromatic heterocycles. The largest absolute Gasteiger partial charge is 0.367 e. The minimum Gasteiger partial charge on any atom is -0.367 e. The molecule has 0 aliphatic carbocycles. The van der Waals surface area contributed by atoms with E-state index in [4.69, 9.17) is 5.73 Å². The summed E-state index contributed by atoms with van der Waals surface area (Å²) in [5.74, 6) is -0.530. The fourth-order valence-electron chi connectivity index (χ4n) is 1.42. The first-order chi connectivity index (χ1) is 7.41. The molecule has 0 amide bonds. The van der Waals surface area contributed by atoms with Crippen LogP contribution < -0.4 is 10.6 Å². The number of nitrogens with zero attached hydrogens (tertiary/aromatic N) is 1. The molecule has 0 aliphatic rings. The van der Waals surface area contributed by atoms with Crippen molar-refractivity contribution in [3.05, 3.63) is 29.6 Å². The van der Waals surface area contributed by atoms with Crippen LogP contribution in [-0.2, 0) is 0 Å². The molecule has 1 rings (SSSR count). The van der Waals surface area contributed by atoms with Gasteiger partial charge in [0.05, 0.1) is 12.2 Å². The molecule has 16 heavy (non-hydrogen) atoms. The molecule has 0 saturated heterocycles. The van der Waals surface area contributed by atoms with Gasteiger partial charge >= 0.3 is 0 Å². The number of benzene rings is 1. The minimum atomic E-state index is -2.49. The highest BCUT2D eigenvalue weighted by Crippen LogP contribution is 2.22. The first-order valence-electron chi connectivity index (χ1n) is 4.96. The number of anilines is 1. The molecule has 0 heterocycles. The molecule has 90 valence electrons. The minimum absolute atomic E-state index is 0.157. The first kappa shape index (κ1) is 12.8. The van der Waals surface area contributed by atoms with Crippen molar-refractivity contribution in [3.63, 3.8) is 0 Å². The van der Waals surface area contributed by atoms with Crippen molar-refractivity contribution in [2.75, 3.05) is 18.5 Å². The number of hydrogen-bond donors (Lipinski definition) is 1. The molecule has 0 spiro atoms. The van der Waals surface area contributed by atoms with Gasteiger partial charge in [0, 0.05) is 13.1 Å². The van der Waals surface area contributed by atoms with Crippen LogP contribution in [0.2, 0.25) is 0 Å². The monoisotopic (exact) mass is 232 g/mol. The van der Waals surface area contributed by atoms with Crippen LogP contribution in [0.1, 0.15) is 18.5 Å². The Morgan fingerprint density at radius 1 is 1.38 bits per heavy atom. The van der Waals surface area contributed by atoms with Crippen LogP contribution in [0.5, 0.6) is 0 Å². The van der Waals surface area contributed by atoms with Crippen molar-refractivity contribution in [2.45, 2.75) is 19.4 Å². The van der Waals surface area contributed by atoms with Crippen LogP contribution in [0.4, 0.5) is 18.9 Å². The number of alkyl halides is 2. The Hall–Kier alpha value is -1.23. The van der Waals surface area contributed by atoms with E-state index in [2.05, 4.69) is 0 Å². The SMILES string of the molecule is CC(N)c1ccc(N(C)CC(F)F)c(F)c1. The summed E-state index contributed by atoms with van der Waals surface area (Å²) in [7, 11) is 1.43. The average molecular weight is 232 g/mol. The Kier molecular flexibility index (Phi) is 4.18. The molecule has 1 atom stereocenters. The third-order valence-corrected chi connectivity index (χ3v) is 2.32. The molecule has 2 N–H and O–H groups in total. The predicted octanol–water partition coefficient (Wildman–Crippen LogP) is 2.55. The lowest BCUT2D eigenvalue weighted by atomic mass is 10.1. The van der Waals surface area contributed by atoms with E-state index in [9.17, 15) is 13.2 Å². The highest BCUT2D eigenvalue weighted by Gasteiger charge is 2.13. The maximum absolute atomic E-state index is 13.6. The van der Waals surface area contributed by atoms with Gasteiger partial charge in [-0.3, -0.25) is 0 Å². The van der Waals surface area contributed by atoms with Crippen LogP contribution in [0.3, 0.4) is 0 Å². The van der Waals surface area contributed by atoms with Crippen LogP contribution in [0.25, 0.3) is 0 Å². The van der Waals surface area contributed by atoms with Crippen LogP contribution in [0, 0.1) is 5.82 Å². The maximum atomic E-state index is 13.6. The molecule has 1 aromatic carbocycles. The first-order valence-corrected chi connectivity index (χ1v) is 4.96. The molecule has 2 nitrogen and oxygen atoms in total. The molecule has 0 saturated carbocycles. The van der Waals surface area contributed by atoms with Gasteiger partial charge in [-0.1, -0.05) is 6.07 Å². The molecular formula is C11H15F3N2. The molecule has 1 unspecified atom stereocenters. The van der Waals surface area contributed by atoms with Gasteiger partial charge in [-0.05, 0) is 24.6 Å². The van der Waals surface area contributed by atoms with Gasteiger partial charge < -0.3 is 10.6 Å². The Bertz CT molecular complexity index is 353. The molecule has 0 fully saturated rings. The van der Waals surface area contributed by atoms with Gasteiger partial charge in [-0.2, -0.15) is 0 Å². The zero-order chi connectivity index (χ0) is 12.3. The van der Waals surface area contributed by atoms with Crippen LogP contribution in [0.15, 0.2) is 18.2 Å². The van der Waals surface area contributed by atoms with Gasteiger partial charge in [0.2, 0.25) is 0 Å². The molecule has 0 bridgehead atoms. The fraction of sp³-hybridized carbons (Fsp3) is 0.455. The van der Waals surface area contributed by atoms with Gasteiger partial charge in [-0.15, -0.1) is 0 Å². The van der Waals surface area contributed by atoms with Crippen molar-refractivity contribution in [1.82, 2.24) is 0 Å². The van der Waals surface area contributed by atoms with E-state index in [1.807, 2.05) is 0 Å². The topological polar surface area (TPSA) is 29.3 Å². The summed E-state index contributed by atoms with van der Waals surface area (Å²) in [5.41, 5.74) is 6.39. The zero-order valence-corrected chi connectivity index (χ0v) is 9.25. The standard InChI is InChI=1S/C11H15F3N2/c1-7(15)8-3-4-10(9(12)5-8)16(2)6-11(13)14/h3-5,7,11H,6,15H2,1-2H3. The second-order valence-electron chi connectivity index (χ2n) is 3.77. The highest BCUT2D eigenvalue weighted by atomic mass is 19.3. The second kappa shape index (κ2) is 5.21. The third kappa shape index (κ3) is 3.13. The van der Waals surface area contributed by atoms with Gasteiger partial charge in [0.15, 0.2) is 0 Å².